The summed E-state index contributed by atoms with van der Waals surface area (Å²) in [6.45, 7) is 3.80. The second kappa shape index (κ2) is 8.47. The summed E-state index contributed by atoms with van der Waals surface area (Å²) in [7, 11) is 0. The fraction of sp³-hybridized carbons (Fsp3) is 0.429. The minimum Gasteiger partial charge on any atom is -0.493 e. The third kappa shape index (κ3) is 6.47. The smallest absolute Gasteiger partial charge is 0.327 e. The van der Waals surface area contributed by atoms with Gasteiger partial charge in [-0.3, -0.25) is 4.79 Å². The SMILES string of the molecule is CC(=O)NC(CSCCOc1cccc(C)c1)C(=O)O. The van der Waals surface area contributed by atoms with Gasteiger partial charge in [-0.25, -0.2) is 4.79 Å². The normalized spacial score (nSPS) is 11.7. The van der Waals surface area contributed by atoms with Crippen molar-refractivity contribution in [3.63, 3.8) is 0 Å². The maximum absolute atomic E-state index is 10.9. The first-order valence-corrected chi connectivity index (χ1v) is 7.41. The van der Waals surface area contributed by atoms with E-state index in [1.165, 1.54) is 18.7 Å². The zero-order chi connectivity index (χ0) is 15.0. The zero-order valence-corrected chi connectivity index (χ0v) is 12.4. The van der Waals surface area contributed by atoms with Gasteiger partial charge < -0.3 is 15.2 Å². The van der Waals surface area contributed by atoms with Gasteiger partial charge in [0.1, 0.15) is 11.8 Å². The molecule has 1 aromatic carbocycles. The van der Waals surface area contributed by atoms with Gasteiger partial charge in [-0.05, 0) is 24.6 Å². The van der Waals surface area contributed by atoms with Crippen LogP contribution in [0.3, 0.4) is 0 Å². The van der Waals surface area contributed by atoms with Crippen LogP contribution in [0.1, 0.15) is 12.5 Å². The first kappa shape index (κ1) is 16.4. The van der Waals surface area contributed by atoms with E-state index in [-0.39, 0.29) is 5.91 Å². The summed E-state index contributed by atoms with van der Waals surface area (Å²) in [6, 6.07) is 6.90. The lowest BCUT2D eigenvalue weighted by Gasteiger charge is -2.13. The molecule has 2 N–H and O–H groups in total. The van der Waals surface area contributed by atoms with E-state index in [0.29, 0.717) is 18.1 Å². The standard InChI is InChI=1S/C14H19NO4S/c1-10-4-3-5-12(8-10)19-6-7-20-9-13(14(17)18)15-11(2)16/h3-5,8,13H,6-7,9H2,1-2H3,(H,15,16)(H,17,18). The Morgan fingerprint density at radius 1 is 1.45 bits per heavy atom. The predicted octanol–water partition coefficient (Wildman–Crippen LogP) is 1.70. The fourth-order valence-corrected chi connectivity index (χ4v) is 2.37. The number of rotatable bonds is 8. The molecule has 0 aliphatic heterocycles. The molecule has 1 rings (SSSR count). The number of carboxylic acids is 1. The fourth-order valence-electron chi connectivity index (χ4n) is 1.54. The van der Waals surface area contributed by atoms with Gasteiger partial charge in [-0.2, -0.15) is 11.8 Å². The molecule has 1 amide bonds. The lowest BCUT2D eigenvalue weighted by molar-refractivity contribution is -0.140. The minimum atomic E-state index is -1.02. The van der Waals surface area contributed by atoms with E-state index in [1.54, 1.807) is 0 Å². The third-order valence-electron chi connectivity index (χ3n) is 2.45. The highest BCUT2D eigenvalue weighted by atomic mass is 32.2. The number of aliphatic carboxylic acids is 1. The van der Waals surface area contributed by atoms with Crippen LogP contribution in [-0.4, -0.2) is 41.1 Å². The summed E-state index contributed by atoms with van der Waals surface area (Å²) in [6.07, 6.45) is 0. The van der Waals surface area contributed by atoms with E-state index in [9.17, 15) is 9.59 Å². The first-order valence-electron chi connectivity index (χ1n) is 6.26. The van der Waals surface area contributed by atoms with Gasteiger partial charge in [0.15, 0.2) is 0 Å². The molecular weight excluding hydrogens is 278 g/mol. The summed E-state index contributed by atoms with van der Waals surface area (Å²) in [5.74, 6) is 0.437. The lowest BCUT2D eigenvalue weighted by Crippen LogP contribution is -2.41. The Bertz CT molecular complexity index is 464. The Kier molecular flexibility index (Phi) is 6.93. The Balaban J connectivity index is 2.23. The quantitative estimate of drug-likeness (QED) is 0.714. The summed E-state index contributed by atoms with van der Waals surface area (Å²) in [4.78, 5) is 21.8. The van der Waals surface area contributed by atoms with Crippen molar-refractivity contribution in [1.82, 2.24) is 5.32 Å². The van der Waals surface area contributed by atoms with Crippen molar-refractivity contribution in [2.75, 3.05) is 18.1 Å². The maximum Gasteiger partial charge on any atom is 0.327 e. The lowest BCUT2D eigenvalue weighted by atomic mass is 10.2. The molecule has 110 valence electrons. The Morgan fingerprint density at radius 3 is 2.80 bits per heavy atom. The highest BCUT2D eigenvalue weighted by Gasteiger charge is 2.17. The molecule has 1 unspecified atom stereocenters. The van der Waals surface area contributed by atoms with Crippen LogP contribution in [0.15, 0.2) is 24.3 Å². The van der Waals surface area contributed by atoms with Crippen LogP contribution in [-0.2, 0) is 9.59 Å². The molecule has 0 saturated heterocycles. The number of amides is 1. The number of hydrogen-bond acceptors (Lipinski definition) is 4. The van der Waals surface area contributed by atoms with E-state index in [1.807, 2.05) is 31.2 Å². The number of carboxylic acid groups (broad SMARTS) is 1. The molecular formula is C14H19NO4S. The molecule has 0 bridgehead atoms. The monoisotopic (exact) mass is 297 g/mol. The summed E-state index contributed by atoms with van der Waals surface area (Å²) < 4.78 is 5.55. The average Bonchev–Trinajstić information content (AvgIpc) is 2.36. The third-order valence-corrected chi connectivity index (χ3v) is 3.47. The average molecular weight is 297 g/mol. The number of carbonyl (C=O) groups excluding carboxylic acids is 1. The Morgan fingerprint density at radius 2 is 2.20 bits per heavy atom. The van der Waals surface area contributed by atoms with Crippen LogP contribution in [0, 0.1) is 6.92 Å². The number of hydrogen-bond donors (Lipinski definition) is 2. The topological polar surface area (TPSA) is 75.6 Å². The number of benzene rings is 1. The molecule has 0 spiro atoms. The highest BCUT2D eigenvalue weighted by Crippen LogP contribution is 2.13. The highest BCUT2D eigenvalue weighted by molar-refractivity contribution is 7.99. The van der Waals surface area contributed by atoms with Crippen LogP contribution in [0.2, 0.25) is 0 Å². The van der Waals surface area contributed by atoms with Crippen molar-refractivity contribution in [3.05, 3.63) is 29.8 Å². The number of thioether (sulfide) groups is 1. The number of aryl methyl sites for hydroxylation is 1. The van der Waals surface area contributed by atoms with Crippen molar-refractivity contribution < 1.29 is 19.4 Å². The van der Waals surface area contributed by atoms with Crippen molar-refractivity contribution in [1.29, 1.82) is 0 Å². The van der Waals surface area contributed by atoms with E-state index in [2.05, 4.69) is 5.32 Å². The van der Waals surface area contributed by atoms with Gasteiger partial charge >= 0.3 is 5.97 Å². The molecule has 0 aliphatic carbocycles. The molecule has 0 heterocycles. The maximum atomic E-state index is 10.9. The van der Waals surface area contributed by atoms with Crippen molar-refractivity contribution in [3.8, 4) is 5.75 Å². The molecule has 1 atom stereocenters. The first-order chi connectivity index (χ1) is 9.49. The number of ether oxygens (including phenoxy) is 1. The molecule has 0 fully saturated rings. The second-order valence-corrected chi connectivity index (χ2v) is 5.48. The van der Waals surface area contributed by atoms with Crippen LogP contribution >= 0.6 is 11.8 Å². The number of carbonyl (C=O) groups is 2. The van der Waals surface area contributed by atoms with Crippen molar-refractivity contribution in [2.24, 2.45) is 0 Å². The van der Waals surface area contributed by atoms with Crippen LogP contribution < -0.4 is 10.1 Å². The van der Waals surface area contributed by atoms with Crippen molar-refractivity contribution >= 4 is 23.6 Å². The van der Waals surface area contributed by atoms with E-state index < -0.39 is 12.0 Å². The molecule has 0 aromatic heterocycles. The van der Waals surface area contributed by atoms with Gasteiger partial charge in [0.2, 0.25) is 5.91 Å². The van der Waals surface area contributed by atoms with Gasteiger partial charge in [-0.1, -0.05) is 12.1 Å². The molecule has 0 aliphatic rings. The molecule has 0 radical (unpaired) electrons. The molecule has 1 aromatic rings. The molecule has 6 heteroatoms. The zero-order valence-electron chi connectivity index (χ0n) is 11.6. The van der Waals surface area contributed by atoms with Gasteiger partial charge in [0, 0.05) is 18.4 Å². The largest absolute Gasteiger partial charge is 0.493 e. The molecule has 0 saturated carbocycles. The summed E-state index contributed by atoms with van der Waals surface area (Å²) in [5, 5.41) is 11.3. The van der Waals surface area contributed by atoms with Crippen LogP contribution in [0.25, 0.3) is 0 Å². The van der Waals surface area contributed by atoms with Gasteiger partial charge in [0.05, 0.1) is 6.61 Å². The van der Waals surface area contributed by atoms with E-state index in [4.69, 9.17) is 9.84 Å². The van der Waals surface area contributed by atoms with Gasteiger partial charge in [-0.15, -0.1) is 0 Å². The predicted molar refractivity (Wildman–Crippen MR) is 79.2 cm³/mol. The minimum absolute atomic E-state index is 0.325. The number of nitrogens with one attached hydrogen (secondary N) is 1. The Labute approximate surface area is 122 Å². The summed E-state index contributed by atoms with van der Waals surface area (Å²) >= 11 is 1.43. The van der Waals surface area contributed by atoms with E-state index in [0.717, 1.165) is 11.3 Å². The van der Waals surface area contributed by atoms with Crippen LogP contribution in [0.4, 0.5) is 0 Å². The second-order valence-electron chi connectivity index (χ2n) is 4.33. The molecule has 5 nitrogen and oxygen atoms in total. The van der Waals surface area contributed by atoms with Gasteiger partial charge in [0.25, 0.3) is 0 Å². The van der Waals surface area contributed by atoms with Crippen LogP contribution in [0.5, 0.6) is 5.75 Å². The van der Waals surface area contributed by atoms with E-state index >= 15 is 0 Å². The summed E-state index contributed by atoms with van der Waals surface area (Å²) in [5.41, 5.74) is 1.13. The molecule has 20 heavy (non-hydrogen) atoms. The van der Waals surface area contributed by atoms with Crippen molar-refractivity contribution in [2.45, 2.75) is 19.9 Å². The Hall–Kier alpha value is -1.69.